The first-order valence-corrected chi connectivity index (χ1v) is 13.4. The van der Waals surface area contributed by atoms with Gasteiger partial charge < -0.3 is 14.9 Å². The number of esters is 1. The Hall–Kier alpha value is -1.83. The largest absolute Gasteiger partial charge is 0.454 e. The monoisotopic (exact) mass is 505 g/mol. The molecule has 1 aliphatic rings. The van der Waals surface area contributed by atoms with Gasteiger partial charge in [0.25, 0.3) is 0 Å². The number of hydrogen-bond donors (Lipinski definition) is 2. The molecular weight excluding hydrogens is 462 g/mol. The van der Waals surface area contributed by atoms with Crippen molar-refractivity contribution in [2.45, 2.75) is 105 Å². The average Bonchev–Trinajstić information content (AvgIpc) is 3.19. The van der Waals surface area contributed by atoms with Gasteiger partial charge in [-0.2, -0.15) is 0 Å². The van der Waals surface area contributed by atoms with Crippen LogP contribution < -0.4 is 0 Å². The van der Waals surface area contributed by atoms with Gasteiger partial charge in [-0.1, -0.05) is 39.3 Å². The Balaban J connectivity index is 2.41. The number of cyclic esters (lactones) is 1. The first-order chi connectivity index (χ1) is 16.2. The Morgan fingerprint density at radius 2 is 1.86 bits per heavy atom. The smallest absolute Gasteiger partial charge is 0.309 e. The Kier molecular flexibility index (Phi) is 10.0. The number of ketones is 1. The molecule has 2 rings (SSSR count). The summed E-state index contributed by atoms with van der Waals surface area (Å²) in [7, 11) is 0. The maximum Gasteiger partial charge on any atom is 0.309 e. The van der Waals surface area contributed by atoms with E-state index in [0.29, 0.717) is 6.42 Å². The van der Waals surface area contributed by atoms with E-state index in [2.05, 4.69) is 18.0 Å². The minimum absolute atomic E-state index is 0.0513. The quantitative estimate of drug-likeness (QED) is 0.398. The van der Waals surface area contributed by atoms with Gasteiger partial charge in [-0.05, 0) is 64.5 Å². The van der Waals surface area contributed by atoms with Crippen molar-refractivity contribution >= 4 is 29.2 Å². The molecule has 2 N–H and O–H groups in total. The number of thiazole rings is 1. The summed E-state index contributed by atoms with van der Waals surface area (Å²) in [6.45, 7) is 14.7. The topological polar surface area (TPSA) is 96.7 Å². The van der Waals surface area contributed by atoms with E-state index in [1.807, 2.05) is 39.2 Å². The molecule has 1 aromatic heterocycles. The predicted molar refractivity (Wildman–Crippen MR) is 141 cm³/mol. The van der Waals surface area contributed by atoms with Crippen molar-refractivity contribution in [1.29, 1.82) is 0 Å². The van der Waals surface area contributed by atoms with E-state index < -0.39 is 35.1 Å². The lowest BCUT2D eigenvalue weighted by molar-refractivity contribution is -0.160. The number of ether oxygens (including phenoxy) is 1. The molecule has 2 heterocycles. The van der Waals surface area contributed by atoms with E-state index in [1.54, 1.807) is 32.1 Å². The highest BCUT2D eigenvalue weighted by atomic mass is 32.1. The molecule has 5 atom stereocenters. The van der Waals surface area contributed by atoms with Crippen molar-refractivity contribution in [3.63, 3.8) is 0 Å². The molecule has 0 saturated carbocycles. The molecule has 6 nitrogen and oxygen atoms in total. The van der Waals surface area contributed by atoms with Crippen molar-refractivity contribution < 1.29 is 24.5 Å². The lowest BCUT2D eigenvalue weighted by Gasteiger charge is -2.35. The van der Waals surface area contributed by atoms with Crippen LogP contribution in [0.2, 0.25) is 0 Å². The molecule has 0 aliphatic carbocycles. The lowest BCUT2D eigenvalue weighted by Crippen LogP contribution is -2.46. The number of aryl methyl sites for hydroxylation is 1. The Bertz CT molecular complexity index is 962. The van der Waals surface area contributed by atoms with Crippen molar-refractivity contribution in [3.05, 3.63) is 33.3 Å². The van der Waals surface area contributed by atoms with Crippen LogP contribution in [0.1, 0.15) is 91.3 Å². The zero-order valence-corrected chi connectivity index (χ0v) is 23.4. The van der Waals surface area contributed by atoms with Crippen LogP contribution in [0.3, 0.4) is 0 Å². The summed E-state index contributed by atoms with van der Waals surface area (Å²) in [6, 6.07) is 0. The molecule has 1 aromatic rings. The maximum atomic E-state index is 13.2. The molecule has 7 heteroatoms. The minimum Gasteiger partial charge on any atom is -0.454 e. The van der Waals surface area contributed by atoms with Gasteiger partial charge in [0.2, 0.25) is 0 Å². The second-order valence-corrected chi connectivity index (χ2v) is 12.1. The number of rotatable bonds is 2. The summed E-state index contributed by atoms with van der Waals surface area (Å²) in [5, 5.41) is 24.6. The van der Waals surface area contributed by atoms with E-state index >= 15 is 0 Å². The molecule has 0 amide bonds. The number of aromatic nitrogens is 1. The number of Topliss-reactive ketones (excluding diaryl/α,β-unsaturated/α-hetero) is 1. The molecule has 0 saturated heterocycles. The second kappa shape index (κ2) is 11.9. The van der Waals surface area contributed by atoms with Crippen LogP contribution in [0.5, 0.6) is 0 Å². The number of carbonyl (C=O) groups is 2. The summed E-state index contributed by atoms with van der Waals surface area (Å²) >= 11 is 1.56. The van der Waals surface area contributed by atoms with Crippen molar-refractivity contribution in [2.24, 2.45) is 17.3 Å². The molecule has 196 valence electrons. The molecule has 0 bridgehead atoms. The highest BCUT2D eigenvalue weighted by Crippen LogP contribution is 2.34. The number of nitrogens with zero attached hydrogens (tertiary/aromatic N) is 1. The fraction of sp³-hybridized carbons (Fsp3) is 0.679. The third kappa shape index (κ3) is 7.58. The summed E-state index contributed by atoms with van der Waals surface area (Å²) in [4.78, 5) is 30.8. The van der Waals surface area contributed by atoms with E-state index in [4.69, 9.17) is 4.74 Å². The third-order valence-electron chi connectivity index (χ3n) is 7.58. The molecule has 1 unspecified atom stereocenters. The van der Waals surface area contributed by atoms with Crippen LogP contribution in [-0.4, -0.2) is 44.8 Å². The van der Waals surface area contributed by atoms with Crippen LogP contribution in [0.4, 0.5) is 0 Å². The molecule has 0 fully saturated rings. The van der Waals surface area contributed by atoms with Crippen molar-refractivity contribution in [3.8, 4) is 0 Å². The van der Waals surface area contributed by atoms with Gasteiger partial charge in [0.15, 0.2) is 0 Å². The highest BCUT2D eigenvalue weighted by Gasteiger charge is 2.43. The first-order valence-electron chi connectivity index (χ1n) is 12.6. The summed E-state index contributed by atoms with van der Waals surface area (Å²) < 4.78 is 6.00. The van der Waals surface area contributed by atoms with Gasteiger partial charge in [0, 0.05) is 17.7 Å². The van der Waals surface area contributed by atoms with Gasteiger partial charge in [-0.15, -0.1) is 11.3 Å². The third-order valence-corrected chi connectivity index (χ3v) is 8.37. The Labute approximate surface area is 214 Å². The van der Waals surface area contributed by atoms with Crippen LogP contribution in [0.15, 0.2) is 22.6 Å². The van der Waals surface area contributed by atoms with Gasteiger partial charge in [0.05, 0.1) is 34.7 Å². The van der Waals surface area contributed by atoms with Gasteiger partial charge in [-0.3, -0.25) is 9.59 Å². The average molecular weight is 506 g/mol. The van der Waals surface area contributed by atoms with Crippen molar-refractivity contribution in [1.82, 2.24) is 4.98 Å². The normalized spacial score (nSPS) is 33.7. The van der Waals surface area contributed by atoms with E-state index in [9.17, 15) is 19.8 Å². The second-order valence-electron chi connectivity index (χ2n) is 11.0. The zero-order chi connectivity index (χ0) is 26.6. The SMILES string of the molecule is C/C1=C/CC(C)(/C(C)=C/c2csc(C)n2)OC(=O)C[C@H](O)C(C)(C)C(=O)[C@H](C)[C@@H](O)[C@H](C)CCC1. The summed E-state index contributed by atoms with van der Waals surface area (Å²) in [6.07, 6.45) is 4.74. The predicted octanol–water partition coefficient (Wildman–Crippen LogP) is 5.66. The van der Waals surface area contributed by atoms with Crippen LogP contribution in [-0.2, 0) is 14.3 Å². The van der Waals surface area contributed by atoms with E-state index in [-0.39, 0.29) is 18.1 Å². The number of aliphatic hydroxyl groups excluding tert-OH is 2. The fourth-order valence-corrected chi connectivity index (χ4v) is 5.12. The van der Waals surface area contributed by atoms with E-state index in [0.717, 1.165) is 35.5 Å². The molecular formula is C28H43NO5S. The number of allylic oxidation sites excluding steroid dienone is 1. The van der Waals surface area contributed by atoms with E-state index in [1.165, 1.54) is 5.57 Å². The molecule has 0 spiro atoms. The highest BCUT2D eigenvalue weighted by molar-refractivity contribution is 7.09. The molecule has 35 heavy (non-hydrogen) atoms. The minimum atomic E-state index is -1.23. The Morgan fingerprint density at radius 3 is 2.46 bits per heavy atom. The van der Waals surface area contributed by atoms with Crippen LogP contribution in [0.25, 0.3) is 6.08 Å². The number of hydrogen-bond acceptors (Lipinski definition) is 7. The summed E-state index contributed by atoms with van der Waals surface area (Å²) in [5.74, 6) is -1.52. The van der Waals surface area contributed by atoms with Gasteiger partial charge in [0.1, 0.15) is 11.4 Å². The van der Waals surface area contributed by atoms with Gasteiger partial charge >= 0.3 is 5.97 Å². The van der Waals surface area contributed by atoms with Gasteiger partial charge in [-0.25, -0.2) is 4.98 Å². The van der Waals surface area contributed by atoms with Crippen molar-refractivity contribution in [2.75, 3.05) is 0 Å². The van der Waals surface area contributed by atoms with Crippen LogP contribution in [0, 0.1) is 24.2 Å². The summed E-state index contributed by atoms with van der Waals surface area (Å²) in [5.41, 5.74) is 0.743. The van der Waals surface area contributed by atoms with Crippen LogP contribution >= 0.6 is 11.3 Å². The lowest BCUT2D eigenvalue weighted by atomic mass is 9.73. The molecule has 1 aliphatic heterocycles. The molecule has 0 radical (unpaired) electrons. The maximum absolute atomic E-state index is 13.2. The number of aliphatic hydroxyl groups is 2. The number of carbonyl (C=O) groups excluding carboxylic acids is 2. The fourth-order valence-electron chi connectivity index (χ4n) is 4.55. The zero-order valence-electron chi connectivity index (χ0n) is 22.6. The molecule has 0 aromatic carbocycles. The first kappa shape index (κ1) is 29.4. The standard InChI is InChI=1S/C28H43NO5S/c1-17-10-9-11-18(2)25(32)20(4)26(33)27(6,7)23(30)15-24(31)34-28(8,13-12-17)19(3)14-22-16-35-21(5)29-22/h12,14,16,18,20,23,25,30,32H,9-11,13,15H2,1-8H3/b17-12-,19-14+/t18-,20-,23+,25+,28?/m1/s1. The Morgan fingerprint density at radius 1 is 1.20 bits per heavy atom.